The third-order valence-electron chi connectivity index (χ3n) is 4.95. The number of Topliss-reactive ketones (excluding diaryl/α,β-unsaturated/α-hetero) is 1. The van der Waals surface area contributed by atoms with Crippen LogP contribution in [-0.2, 0) is 14.3 Å². The zero-order valence-electron chi connectivity index (χ0n) is 13.3. The van der Waals surface area contributed by atoms with E-state index in [9.17, 15) is 9.59 Å². The number of hydrogen-bond donors (Lipinski definition) is 1. The van der Waals surface area contributed by atoms with Gasteiger partial charge in [-0.05, 0) is 32.6 Å². The molecule has 3 fully saturated rings. The van der Waals surface area contributed by atoms with Gasteiger partial charge in [0, 0.05) is 18.9 Å². The van der Waals surface area contributed by atoms with E-state index in [1.807, 2.05) is 0 Å². The van der Waals surface area contributed by atoms with Gasteiger partial charge < -0.3 is 4.74 Å². The van der Waals surface area contributed by atoms with Crippen molar-refractivity contribution >= 4 is 11.8 Å². The first-order chi connectivity index (χ1) is 9.98. The van der Waals surface area contributed by atoms with Crippen molar-refractivity contribution in [1.29, 1.82) is 0 Å². The lowest BCUT2D eigenvalue weighted by atomic mass is 9.73. The number of ether oxygens (including phenoxy) is 1. The molecule has 4 nitrogen and oxygen atoms in total. The van der Waals surface area contributed by atoms with Crippen molar-refractivity contribution in [2.75, 3.05) is 0 Å². The Labute approximate surface area is 128 Å². The van der Waals surface area contributed by atoms with Crippen molar-refractivity contribution in [3.05, 3.63) is 6.92 Å². The second-order valence-electron chi connectivity index (χ2n) is 6.65. The molecule has 119 valence electrons. The summed E-state index contributed by atoms with van der Waals surface area (Å²) in [5.74, 6) is -0.285. The molecule has 0 spiro atoms. The minimum Gasteiger partial charge on any atom is -0.436 e. The molecule has 2 saturated heterocycles. The maximum absolute atomic E-state index is 12.2. The van der Waals surface area contributed by atoms with Gasteiger partial charge in [0.1, 0.15) is 0 Å². The van der Waals surface area contributed by atoms with Gasteiger partial charge in [-0.1, -0.05) is 32.6 Å². The Morgan fingerprint density at radius 3 is 2.86 bits per heavy atom. The van der Waals surface area contributed by atoms with Crippen molar-refractivity contribution in [3.63, 3.8) is 0 Å². The van der Waals surface area contributed by atoms with Crippen LogP contribution in [0.15, 0.2) is 0 Å². The Morgan fingerprint density at radius 1 is 1.48 bits per heavy atom. The van der Waals surface area contributed by atoms with Crippen LogP contribution in [0.5, 0.6) is 0 Å². The summed E-state index contributed by atoms with van der Waals surface area (Å²) in [6.45, 7) is 8.13. The molecule has 3 rings (SSSR count). The Kier molecular flexibility index (Phi) is 5.42. The summed E-state index contributed by atoms with van der Waals surface area (Å²) < 4.78 is 5.61. The highest BCUT2D eigenvalue weighted by Crippen LogP contribution is 2.38. The molecule has 21 heavy (non-hydrogen) atoms. The monoisotopic (exact) mass is 294 g/mol. The van der Waals surface area contributed by atoms with Gasteiger partial charge in [-0.15, -0.1) is 0 Å². The molecule has 0 aromatic rings. The number of fused-ring (bicyclic) bond motifs is 3. The van der Waals surface area contributed by atoms with E-state index in [0.717, 1.165) is 25.7 Å². The zero-order valence-corrected chi connectivity index (χ0v) is 13.3. The number of rotatable bonds is 7. The first-order valence-electron chi connectivity index (χ1n) is 8.35. The minimum absolute atomic E-state index is 0.0309. The van der Waals surface area contributed by atoms with Crippen LogP contribution in [0.1, 0.15) is 65.2 Å². The van der Waals surface area contributed by atoms with Gasteiger partial charge in [0.25, 0.3) is 0 Å². The third-order valence-corrected chi connectivity index (χ3v) is 4.95. The Morgan fingerprint density at radius 2 is 2.24 bits per heavy atom. The van der Waals surface area contributed by atoms with E-state index >= 15 is 0 Å². The molecule has 4 heteroatoms. The summed E-state index contributed by atoms with van der Waals surface area (Å²) in [5.41, 5.74) is -1.06. The van der Waals surface area contributed by atoms with Gasteiger partial charge in [0.05, 0.1) is 5.92 Å². The van der Waals surface area contributed by atoms with Crippen molar-refractivity contribution in [1.82, 2.24) is 5.32 Å². The number of esters is 1. The van der Waals surface area contributed by atoms with Crippen LogP contribution in [0.4, 0.5) is 0 Å². The van der Waals surface area contributed by atoms with E-state index in [2.05, 4.69) is 26.1 Å². The fourth-order valence-electron chi connectivity index (χ4n) is 3.43. The molecule has 0 aromatic heterocycles. The first-order valence-corrected chi connectivity index (χ1v) is 8.35. The maximum Gasteiger partial charge on any atom is 0.311 e. The highest BCUT2D eigenvalue weighted by Gasteiger charge is 2.53. The molecule has 4 atom stereocenters. The highest BCUT2D eigenvalue weighted by atomic mass is 16.6. The third kappa shape index (κ3) is 3.65. The van der Waals surface area contributed by atoms with Crippen molar-refractivity contribution in [2.24, 2.45) is 11.8 Å². The zero-order chi connectivity index (χ0) is 15.5. The van der Waals surface area contributed by atoms with Crippen LogP contribution in [0, 0.1) is 18.8 Å². The normalized spacial score (nSPS) is 33.0. The number of carbonyl (C=O) groups excluding carboxylic acids is 2. The van der Waals surface area contributed by atoms with E-state index in [1.165, 1.54) is 12.8 Å². The van der Waals surface area contributed by atoms with E-state index in [1.54, 1.807) is 0 Å². The summed E-state index contributed by atoms with van der Waals surface area (Å²) in [5, 5.41) is 3.22. The molecule has 1 N–H and O–H groups in total. The lowest BCUT2D eigenvalue weighted by Gasteiger charge is -2.48. The van der Waals surface area contributed by atoms with Crippen LogP contribution >= 0.6 is 0 Å². The van der Waals surface area contributed by atoms with Crippen molar-refractivity contribution in [2.45, 2.75) is 77.0 Å². The molecule has 0 amide bonds. The summed E-state index contributed by atoms with van der Waals surface area (Å²) in [7, 11) is 0. The number of hydrogen-bond acceptors (Lipinski definition) is 4. The lowest BCUT2D eigenvalue weighted by molar-refractivity contribution is -0.187. The molecule has 1 unspecified atom stereocenters. The average Bonchev–Trinajstić information content (AvgIpc) is 2.45. The van der Waals surface area contributed by atoms with Crippen LogP contribution in [0.25, 0.3) is 0 Å². The summed E-state index contributed by atoms with van der Waals surface area (Å²) in [4.78, 5) is 24.5. The van der Waals surface area contributed by atoms with E-state index < -0.39 is 5.72 Å². The molecule has 1 aliphatic carbocycles. The summed E-state index contributed by atoms with van der Waals surface area (Å²) in [6, 6.07) is 0.233. The lowest BCUT2D eigenvalue weighted by Crippen LogP contribution is -2.67. The van der Waals surface area contributed by atoms with Crippen LogP contribution in [0.2, 0.25) is 0 Å². The molecule has 2 aliphatic heterocycles. The fraction of sp³-hybridized carbons (Fsp3) is 0.824. The number of carbonyl (C=O) groups is 2. The number of unbranched alkanes of at least 4 members (excludes halogenated alkanes) is 3. The minimum atomic E-state index is -1.06. The van der Waals surface area contributed by atoms with Gasteiger partial charge in [-0.2, -0.15) is 0 Å². The maximum atomic E-state index is 12.2. The van der Waals surface area contributed by atoms with Crippen LogP contribution in [0.3, 0.4) is 0 Å². The van der Waals surface area contributed by atoms with Gasteiger partial charge in [0.15, 0.2) is 5.78 Å². The summed E-state index contributed by atoms with van der Waals surface area (Å²) in [6.07, 6.45) is 7.29. The standard InChI is InChI=1S/C17H28NO3/c1-4-5-6-7-8-12(2)16(20)21-17-10-9-14(11-15(17)19)13(3)18-17/h12-14,18H,2,4-11H2,1,3H3/t12?,13-,14-,17+/m1/s1. The second-order valence-corrected chi connectivity index (χ2v) is 6.65. The molecular formula is C17H28NO3. The van der Waals surface area contributed by atoms with E-state index in [4.69, 9.17) is 4.74 Å². The molecular weight excluding hydrogens is 266 g/mol. The van der Waals surface area contributed by atoms with Crippen LogP contribution in [-0.4, -0.2) is 23.5 Å². The molecule has 3 aliphatic rings. The SMILES string of the molecule is [CH2]C(CCCCCC)C(=O)O[C@@]12CC[C@H](CC1=O)[C@@H](C)N2. The Bertz CT molecular complexity index is 395. The predicted octanol–water partition coefficient (Wildman–Crippen LogP) is 3.01. The molecule has 0 aromatic carbocycles. The van der Waals surface area contributed by atoms with E-state index in [0.29, 0.717) is 18.8 Å². The molecule has 1 saturated carbocycles. The molecule has 1 radical (unpaired) electrons. The number of nitrogens with one attached hydrogen (secondary N) is 1. The largest absolute Gasteiger partial charge is 0.436 e. The number of ketones is 1. The first kappa shape index (κ1) is 16.5. The molecule has 2 heterocycles. The average molecular weight is 294 g/mol. The smallest absolute Gasteiger partial charge is 0.311 e. The van der Waals surface area contributed by atoms with Gasteiger partial charge in [-0.3, -0.25) is 14.9 Å². The quantitative estimate of drug-likeness (QED) is 0.579. The van der Waals surface area contributed by atoms with Gasteiger partial charge in [0.2, 0.25) is 5.72 Å². The topological polar surface area (TPSA) is 55.4 Å². The summed E-state index contributed by atoms with van der Waals surface area (Å²) >= 11 is 0. The highest BCUT2D eigenvalue weighted by molar-refractivity contribution is 5.91. The molecule has 2 bridgehead atoms. The second kappa shape index (κ2) is 6.91. The predicted molar refractivity (Wildman–Crippen MR) is 81.4 cm³/mol. The van der Waals surface area contributed by atoms with Crippen molar-refractivity contribution in [3.8, 4) is 0 Å². The van der Waals surface area contributed by atoms with Crippen molar-refractivity contribution < 1.29 is 14.3 Å². The number of piperidine rings is 2. The van der Waals surface area contributed by atoms with E-state index in [-0.39, 0.29) is 23.7 Å². The fourth-order valence-corrected chi connectivity index (χ4v) is 3.43. The Balaban J connectivity index is 1.87. The van der Waals surface area contributed by atoms with Crippen LogP contribution < -0.4 is 5.32 Å². The van der Waals surface area contributed by atoms with Gasteiger partial charge in [-0.25, -0.2) is 0 Å². The Hall–Kier alpha value is -0.900. The van der Waals surface area contributed by atoms with Gasteiger partial charge >= 0.3 is 5.97 Å².